The molecule has 0 heterocycles. The van der Waals surface area contributed by atoms with Gasteiger partial charge in [-0.1, -0.05) is 120 Å². The van der Waals surface area contributed by atoms with Crippen LogP contribution in [0.1, 0.15) is 149 Å². The van der Waals surface area contributed by atoms with Crippen LogP contribution >= 0.6 is 7.82 Å². The maximum Gasteiger partial charge on any atom is 0.472 e. The lowest BCUT2D eigenvalue weighted by Gasteiger charge is -2.20. The molecule has 0 spiro atoms. The SMILES string of the molecule is CCCCCCCCCCCCCC(=O)OC[C@H](COP(=O)(O)OC[C@H](N)C(=O)O)OC(=O)CCC/C=C\C/C=C\C/C=C\C/C=C\CCC[C@H](C)O. The topological polar surface area (TPSA) is 192 Å². The normalized spacial score (nSPS) is 15.0. The first-order valence-corrected chi connectivity index (χ1v) is 21.2. The lowest BCUT2D eigenvalue weighted by atomic mass is 10.1. The van der Waals surface area contributed by atoms with Gasteiger partial charge in [0.2, 0.25) is 0 Å². The molecule has 0 aliphatic heterocycles. The number of aliphatic hydroxyl groups is 1. The zero-order chi connectivity index (χ0) is 39.4. The molecule has 4 atom stereocenters. The first-order valence-electron chi connectivity index (χ1n) is 19.7. The third kappa shape index (κ3) is 36.2. The quantitative estimate of drug-likeness (QED) is 0.0205. The first kappa shape index (κ1) is 50.4. The second kappa shape index (κ2) is 35.1. The van der Waals surface area contributed by atoms with Gasteiger partial charge in [-0.25, -0.2) is 4.57 Å². The van der Waals surface area contributed by atoms with Crippen LogP contribution in [-0.2, 0) is 37.5 Å². The molecule has 0 amide bonds. The summed E-state index contributed by atoms with van der Waals surface area (Å²) in [5.41, 5.74) is 5.31. The average molecular weight is 772 g/mol. The van der Waals surface area contributed by atoms with Crippen LogP contribution < -0.4 is 5.73 Å². The van der Waals surface area contributed by atoms with Crippen molar-refractivity contribution in [2.24, 2.45) is 5.73 Å². The van der Waals surface area contributed by atoms with Crippen molar-refractivity contribution >= 4 is 25.7 Å². The van der Waals surface area contributed by atoms with Crippen LogP contribution in [0, 0.1) is 0 Å². The molecule has 306 valence electrons. The van der Waals surface area contributed by atoms with Gasteiger partial charge < -0.3 is 30.3 Å². The molecule has 13 heteroatoms. The number of allylic oxidation sites excluding steroid dienone is 8. The summed E-state index contributed by atoms with van der Waals surface area (Å²) in [5, 5.41) is 18.1. The van der Waals surface area contributed by atoms with Crippen LogP contribution in [0.5, 0.6) is 0 Å². The van der Waals surface area contributed by atoms with E-state index in [1.54, 1.807) is 0 Å². The number of rotatable bonds is 36. The maximum absolute atomic E-state index is 12.6. The number of esters is 2. The smallest absolute Gasteiger partial charge is 0.472 e. The fourth-order valence-corrected chi connectivity index (χ4v) is 5.74. The predicted octanol–water partition coefficient (Wildman–Crippen LogP) is 8.80. The molecule has 0 aromatic carbocycles. The molecule has 5 N–H and O–H groups in total. The van der Waals surface area contributed by atoms with E-state index in [1.807, 2.05) is 19.1 Å². The van der Waals surface area contributed by atoms with E-state index in [0.717, 1.165) is 57.8 Å². The number of carbonyl (C=O) groups is 3. The number of nitrogens with two attached hydrogens (primary N) is 1. The number of phosphoric ester groups is 1. The van der Waals surface area contributed by atoms with Gasteiger partial charge >= 0.3 is 25.7 Å². The lowest BCUT2D eigenvalue weighted by Crippen LogP contribution is -2.34. The molecule has 0 fully saturated rings. The van der Waals surface area contributed by atoms with E-state index in [4.69, 9.17) is 24.8 Å². The van der Waals surface area contributed by atoms with Gasteiger partial charge in [0.1, 0.15) is 12.6 Å². The van der Waals surface area contributed by atoms with Crippen LogP contribution in [0.25, 0.3) is 0 Å². The van der Waals surface area contributed by atoms with Gasteiger partial charge in [0.15, 0.2) is 6.10 Å². The first-order chi connectivity index (χ1) is 25.5. The van der Waals surface area contributed by atoms with Gasteiger partial charge in [0.25, 0.3) is 0 Å². The molecular weight excluding hydrogens is 701 g/mol. The van der Waals surface area contributed by atoms with Crippen LogP contribution in [0.4, 0.5) is 0 Å². The summed E-state index contributed by atoms with van der Waals surface area (Å²) in [5.74, 6) is -2.48. The number of aliphatic carboxylic acids is 1. The van der Waals surface area contributed by atoms with Crippen molar-refractivity contribution in [2.75, 3.05) is 19.8 Å². The number of hydrogen-bond donors (Lipinski definition) is 4. The molecule has 0 aromatic heterocycles. The highest BCUT2D eigenvalue weighted by molar-refractivity contribution is 7.47. The van der Waals surface area contributed by atoms with Crippen LogP contribution in [0.15, 0.2) is 48.6 Å². The number of aliphatic hydroxyl groups excluding tert-OH is 1. The van der Waals surface area contributed by atoms with E-state index in [9.17, 15) is 28.9 Å². The largest absolute Gasteiger partial charge is 0.480 e. The minimum absolute atomic E-state index is 0.0733. The highest BCUT2D eigenvalue weighted by Crippen LogP contribution is 2.43. The summed E-state index contributed by atoms with van der Waals surface area (Å²) in [6.07, 6.45) is 34.7. The highest BCUT2D eigenvalue weighted by Gasteiger charge is 2.28. The Labute approximate surface area is 318 Å². The summed E-state index contributed by atoms with van der Waals surface area (Å²) < 4.78 is 32.5. The molecule has 0 aromatic rings. The molecule has 0 saturated carbocycles. The van der Waals surface area contributed by atoms with Crippen molar-refractivity contribution in [2.45, 2.75) is 167 Å². The van der Waals surface area contributed by atoms with E-state index in [2.05, 4.69) is 47.9 Å². The second-order valence-corrected chi connectivity index (χ2v) is 14.8. The van der Waals surface area contributed by atoms with Gasteiger partial charge in [-0.15, -0.1) is 0 Å². The molecule has 0 radical (unpaired) electrons. The lowest BCUT2D eigenvalue weighted by molar-refractivity contribution is -0.161. The van der Waals surface area contributed by atoms with E-state index in [-0.39, 0.29) is 25.6 Å². The number of carbonyl (C=O) groups excluding carboxylic acids is 2. The van der Waals surface area contributed by atoms with Gasteiger partial charge in [-0.2, -0.15) is 0 Å². The summed E-state index contributed by atoms with van der Waals surface area (Å²) in [7, 11) is -4.73. The van der Waals surface area contributed by atoms with Crippen molar-refractivity contribution in [1.29, 1.82) is 0 Å². The Morgan fingerprint density at radius 1 is 0.660 bits per heavy atom. The summed E-state index contributed by atoms with van der Waals surface area (Å²) in [6.45, 7) is 2.26. The zero-order valence-electron chi connectivity index (χ0n) is 32.5. The van der Waals surface area contributed by atoms with Crippen LogP contribution in [-0.4, -0.2) is 71.1 Å². The minimum Gasteiger partial charge on any atom is -0.480 e. The van der Waals surface area contributed by atoms with Gasteiger partial charge in [0.05, 0.1) is 19.3 Å². The molecule has 0 aliphatic rings. The van der Waals surface area contributed by atoms with Gasteiger partial charge in [0, 0.05) is 12.8 Å². The zero-order valence-corrected chi connectivity index (χ0v) is 33.3. The van der Waals surface area contributed by atoms with Crippen LogP contribution in [0.2, 0.25) is 0 Å². The molecule has 12 nitrogen and oxygen atoms in total. The average Bonchev–Trinajstić information content (AvgIpc) is 3.11. The van der Waals surface area contributed by atoms with E-state index < -0.39 is 51.1 Å². The van der Waals surface area contributed by atoms with Gasteiger partial charge in [-0.05, 0) is 64.7 Å². The number of carboxylic acid groups (broad SMARTS) is 1. The Morgan fingerprint density at radius 2 is 1.13 bits per heavy atom. The molecule has 0 saturated heterocycles. The van der Waals surface area contributed by atoms with Crippen molar-refractivity contribution in [1.82, 2.24) is 0 Å². The Balaban J connectivity index is 4.52. The second-order valence-electron chi connectivity index (χ2n) is 13.4. The standard InChI is InChI=1S/C40H70NO11P/c1-3-4-5-6-7-8-14-18-21-24-27-30-38(43)49-32-36(33-50-53(47,48)51-34-37(41)40(45)46)52-39(44)31-28-25-22-19-16-13-11-9-10-12-15-17-20-23-26-29-35(2)42/h10-13,17,19-20,22,35-37,42H,3-9,14-16,18,21,23-34,41H2,1-2H3,(H,45,46)(H,47,48)/b12-10-,13-11-,20-17-,22-19-/t35-,36+,37-/m0/s1. The predicted molar refractivity (Wildman–Crippen MR) is 209 cm³/mol. The van der Waals surface area contributed by atoms with Crippen molar-refractivity contribution in [3.8, 4) is 0 Å². The molecule has 0 aliphatic carbocycles. The Bertz CT molecular complexity index is 1110. The fourth-order valence-electron chi connectivity index (χ4n) is 4.96. The summed E-state index contributed by atoms with van der Waals surface area (Å²) in [4.78, 5) is 45.7. The monoisotopic (exact) mass is 771 g/mol. The van der Waals surface area contributed by atoms with Crippen LogP contribution in [0.3, 0.4) is 0 Å². The van der Waals surface area contributed by atoms with Gasteiger partial charge in [-0.3, -0.25) is 23.4 Å². The molecular formula is C40H70NO11P. The minimum atomic E-state index is -4.73. The fraction of sp³-hybridized carbons (Fsp3) is 0.725. The number of phosphoric acid groups is 1. The van der Waals surface area contributed by atoms with Crippen molar-refractivity contribution < 1.29 is 52.6 Å². The Kier molecular flexibility index (Phi) is 33.4. The molecule has 53 heavy (non-hydrogen) atoms. The van der Waals surface area contributed by atoms with E-state index in [1.165, 1.54) is 44.9 Å². The third-order valence-corrected chi connectivity index (χ3v) is 9.05. The number of hydrogen-bond acceptors (Lipinski definition) is 10. The number of unbranched alkanes of at least 4 members (excludes halogenated alkanes) is 12. The summed E-state index contributed by atoms with van der Waals surface area (Å²) >= 11 is 0. The maximum atomic E-state index is 12.6. The third-order valence-electron chi connectivity index (χ3n) is 8.10. The summed E-state index contributed by atoms with van der Waals surface area (Å²) in [6, 6.07) is -1.53. The number of carboxylic acids is 1. The molecule has 0 bridgehead atoms. The highest BCUT2D eigenvalue weighted by atomic mass is 31.2. The van der Waals surface area contributed by atoms with Crippen molar-refractivity contribution in [3.05, 3.63) is 48.6 Å². The van der Waals surface area contributed by atoms with E-state index >= 15 is 0 Å². The Hall–Kier alpha value is -2.60. The number of ether oxygens (including phenoxy) is 2. The van der Waals surface area contributed by atoms with Crippen molar-refractivity contribution in [3.63, 3.8) is 0 Å². The Morgan fingerprint density at radius 3 is 1.66 bits per heavy atom. The molecule has 0 rings (SSSR count). The van der Waals surface area contributed by atoms with E-state index in [0.29, 0.717) is 19.3 Å². The molecule has 1 unspecified atom stereocenters.